The number of ether oxygens (including phenoxy) is 1. The van der Waals surface area contributed by atoms with Crippen molar-refractivity contribution in [2.45, 2.75) is 76.9 Å². The number of anilines is 1. The number of benzene rings is 1. The molecular formula is C36H49FN6O8S. The largest absolute Gasteiger partial charge is 0.480 e. The van der Waals surface area contributed by atoms with Crippen molar-refractivity contribution in [3.63, 3.8) is 0 Å². The number of halogens is 1. The summed E-state index contributed by atoms with van der Waals surface area (Å²) in [5.41, 5.74) is 0.408. The topological polar surface area (TPSA) is 186 Å². The van der Waals surface area contributed by atoms with Crippen LogP contribution in [0.15, 0.2) is 30.3 Å². The van der Waals surface area contributed by atoms with Crippen LogP contribution in [0.25, 0.3) is 0 Å². The van der Waals surface area contributed by atoms with Crippen molar-refractivity contribution in [2.75, 3.05) is 51.8 Å². The highest BCUT2D eigenvalue weighted by atomic mass is 32.1. The fourth-order valence-electron chi connectivity index (χ4n) is 6.36. The van der Waals surface area contributed by atoms with Gasteiger partial charge in [0, 0.05) is 43.4 Å². The normalized spacial score (nSPS) is 17.0. The van der Waals surface area contributed by atoms with Crippen LogP contribution in [-0.2, 0) is 35.3 Å². The molecular weight excluding hydrogens is 695 g/mol. The lowest BCUT2D eigenvalue weighted by Crippen LogP contribution is -2.55. The fourth-order valence-corrected chi connectivity index (χ4v) is 7.21. The van der Waals surface area contributed by atoms with Crippen molar-refractivity contribution in [1.29, 1.82) is 0 Å². The number of carboxylic acids is 1. The maximum atomic E-state index is 15.7. The Morgan fingerprint density at radius 3 is 2.33 bits per heavy atom. The average molecular weight is 745 g/mol. The SMILES string of the molecule is CCC(=O)N[C@@H](C(=O)N1CCN(C)CC1)[C@@H](C)c1ccc(NC(=O)[C@@H](NC(=O)c2ccc(CNC(=O)COCC(=O)O)s2)C2CCCCC2)c(F)c1. The molecule has 2 aliphatic rings. The first-order valence-corrected chi connectivity index (χ1v) is 18.5. The Labute approximate surface area is 306 Å². The van der Waals surface area contributed by atoms with Gasteiger partial charge in [-0.05, 0) is 55.6 Å². The number of nitrogens with zero attached hydrogens (tertiary/aromatic N) is 2. The number of carbonyl (C=O) groups is 6. The van der Waals surface area contributed by atoms with Gasteiger partial charge in [-0.25, -0.2) is 9.18 Å². The molecule has 1 aromatic carbocycles. The van der Waals surface area contributed by atoms with Crippen molar-refractivity contribution < 1.29 is 43.0 Å². The number of hydrogen-bond acceptors (Lipinski definition) is 9. The van der Waals surface area contributed by atoms with Gasteiger partial charge in [0.2, 0.25) is 23.6 Å². The predicted molar refractivity (Wildman–Crippen MR) is 192 cm³/mol. The molecule has 1 aliphatic carbocycles. The van der Waals surface area contributed by atoms with Crippen molar-refractivity contribution in [3.05, 3.63) is 51.5 Å². The van der Waals surface area contributed by atoms with Crippen molar-refractivity contribution in [2.24, 2.45) is 5.92 Å². The van der Waals surface area contributed by atoms with Crippen molar-refractivity contribution >= 4 is 52.5 Å². The molecule has 0 spiro atoms. The summed E-state index contributed by atoms with van der Waals surface area (Å²) in [5, 5.41) is 19.6. The molecule has 52 heavy (non-hydrogen) atoms. The van der Waals surface area contributed by atoms with Gasteiger partial charge in [-0.15, -0.1) is 11.3 Å². The predicted octanol–water partition coefficient (Wildman–Crippen LogP) is 2.69. The lowest BCUT2D eigenvalue weighted by Gasteiger charge is -2.36. The highest BCUT2D eigenvalue weighted by Gasteiger charge is 2.34. The summed E-state index contributed by atoms with van der Waals surface area (Å²) in [6, 6.07) is 5.76. The summed E-state index contributed by atoms with van der Waals surface area (Å²) >= 11 is 1.13. The van der Waals surface area contributed by atoms with Gasteiger partial charge in [-0.2, -0.15) is 0 Å². The molecule has 1 aromatic heterocycles. The van der Waals surface area contributed by atoms with Crippen molar-refractivity contribution in [1.82, 2.24) is 25.8 Å². The standard InChI is InChI=1S/C36H49FN6O8S/c1-4-29(44)40-32(36(50)43-16-14-42(3)15-17-43)22(2)24-10-12-27(26(37)18-24)39-35(49)33(23-8-6-5-7-9-23)41-34(48)28-13-11-25(52-28)19-38-30(45)20-51-21-31(46)47/h10-13,18,22-23,32-33H,4-9,14-17,19-21H2,1-3H3,(H,38,45)(H,39,49)(H,40,44)(H,41,48)(H,46,47)/t22-,32+,33-/m0/s1. The number of amides is 5. The van der Waals surface area contributed by atoms with E-state index in [1.807, 2.05) is 7.05 Å². The van der Waals surface area contributed by atoms with E-state index in [2.05, 4.69) is 26.2 Å². The lowest BCUT2D eigenvalue weighted by atomic mass is 9.83. The summed E-state index contributed by atoms with van der Waals surface area (Å²) in [4.78, 5) is 80.4. The molecule has 14 nitrogen and oxygen atoms in total. The summed E-state index contributed by atoms with van der Waals surface area (Å²) < 4.78 is 20.5. The third-order valence-corrected chi connectivity index (χ3v) is 10.6. The third kappa shape index (κ3) is 11.5. The average Bonchev–Trinajstić information content (AvgIpc) is 3.62. The molecule has 284 valence electrons. The molecule has 3 atom stereocenters. The summed E-state index contributed by atoms with van der Waals surface area (Å²) in [6.45, 7) is 5.02. The first-order chi connectivity index (χ1) is 24.9. The van der Waals surface area contributed by atoms with Gasteiger partial charge in [-0.3, -0.25) is 24.0 Å². The monoisotopic (exact) mass is 744 g/mol. The molecule has 16 heteroatoms. The van der Waals surface area contributed by atoms with Gasteiger partial charge in [0.15, 0.2) is 0 Å². The maximum absolute atomic E-state index is 15.7. The second-order valence-electron chi connectivity index (χ2n) is 13.3. The summed E-state index contributed by atoms with van der Waals surface area (Å²) in [6.07, 6.45) is 4.44. The number of aliphatic carboxylic acids is 1. The molecule has 0 bridgehead atoms. The van der Waals surface area contributed by atoms with Gasteiger partial charge in [0.05, 0.1) is 17.1 Å². The van der Waals surface area contributed by atoms with E-state index < -0.39 is 60.7 Å². The zero-order chi connectivity index (χ0) is 37.8. The minimum Gasteiger partial charge on any atom is -0.480 e. The number of hydrogen-bond donors (Lipinski definition) is 5. The van der Waals surface area contributed by atoms with Crippen LogP contribution in [0.4, 0.5) is 10.1 Å². The number of likely N-dealkylation sites (N-methyl/N-ethyl adjacent to an activating group) is 1. The Bertz CT molecular complexity index is 1590. The maximum Gasteiger partial charge on any atom is 0.329 e. The van der Waals surface area contributed by atoms with Gasteiger partial charge in [0.1, 0.15) is 31.1 Å². The molecule has 0 radical (unpaired) electrons. The Kier molecular flexibility index (Phi) is 15.1. The number of carboxylic acid groups (broad SMARTS) is 1. The molecule has 0 unspecified atom stereocenters. The van der Waals surface area contributed by atoms with Crippen LogP contribution in [0.1, 0.15) is 78.4 Å². The molecule has 2 heterocycles. The minimum atomic E-state index is -1.19. The first kappa shape index (κ1) is 40.4. The minimum absolute atomic E-state index is 0.0722. The highest BCUT2D eigenvalue weighted by molar-refractivity contribution is 7.14. The zero-order valence-electron chi connectivity index (χ0n) is 29.9. The van der Waals surface area contributed by atoms with Crippen LogP contribution in [0.3, 0.4) is 0 Å². The Morgan fingerprint density at radius 1 is 0.962 bits per heavy atom. The molecule has 1 aliphatic heterocycles. The number of nitrogens with one attached hydrogen (secondary N) is 4. The molecule has 5 N–H and O–H groups in total. The van der Waals surface area contributed by atoms with Gasteiger partial charge in [0.25, 0.3) is 5.91 Å². The van der Waals surface area contributed by atoms with Gasteiger partial charge < -0.3 is 40.9 Å². The van der Waals surface area contributed by atoms with Crippen LogP contribution in [0.5, 0.6) is 0 Å². The van der Waals surface area contributed by atoms with E-state index in [1.54, 1.807) is 36.9 Å². The van der Waals surface area contributed by atoms with Crippen LogP contribution in [-0.4, -0.2) is 109 Å². The zero-order valence-corrected chi connectivity index (χ0v) is 30.7. The number of thiophene rings is 1. The third-order valence-electron chi connectivity index (χ3n) is 9.49. The van der Waals surface area contributed by atoms with E-state index in [1.165, 1.54) is 12.1 Å². The fraction of sp³-hybridized carbons (Fsp3) is 0.556. The Morgan fingerprint density at radius 2 is 1.67 bits per heavy atom. The van der Waals surface area contributed by atoms with Crippen LogP contribution < -0.4 is 21.3 Å². The lowest BCUT2D eigenvalue weighted by molar-refractivity contribution is -0.143. The quantitative estimate of drug-likeness (QED) is 0.172. The molecule has 5 amide bonds. The van der Waals surface area contributed by atoms with E-state index in [0.29, 0.717) is 41.5 Å². The van der Waals surface area contributed by atoms with Crippen LogP contribution >= 0.6 is 11.3 Å². The summed E-state index contributed by atoms with van der Waals surface area (Å²) in [7, 11) is 1.98. The second-order valence-corrected chi connectivity index (χ2v) is 14.5. The van der Waals surface area contributed by atoms with E-state index in [-0.39, 0.29) is 36.4 Å². The smallest absolute Gasteiger partial charge is 0.329 e. The van der Waals surface area contributed by atoms with E-state index >= 15 is 4.39 Å². The highest BCUT2D eigenvalue weighted by Crippen LogP contribution is 2.30. The first-order valence-electron chi connectivity index (χ1n) is 17.7. The number of rotatable bonds is 16. The Balaban J connectivity index is 1.43. The van der Waals surface area contributed by atoms with Crippen molar-refractivity contribution in [3.8, 4) is 0 Å². The Hall–Kier alpha value is -4.41. The van der Waals surface area contributed by atoms with Gasteiger partial charge in [-0.1, -0.05) is 39.2 Å². The van der Waals surface area contributed by atoms with Crippen LogP contribution in [0, 0.1) is 11.7 Å². The van der Waals surface area contributed by atoms with E-state index in [0.717, 1.165) is 43.4 Å². The number of piperazine rings is 1. The van der Waals surface area contributed by atoms with Gasteiger partial charge >= 0.3 is 5.97 Å². The number of carbonyl (C=O) groups excluding carboxylic acids is 5. The van der Waals surface area contributed by atoms with E-state index in [9.17, 15) is 28.8 Å². The van der Waals surface area contributed by atoms with Crippen LogP contribution in [0.2, 0.25) is 0 Å². The molecule has 1 saturated heterocycles. The molecule has 1 saturated carbocycles. The summed E-state index contributed by atoms with van der Waals surface area (Å²) in [5.74, 6) is -4.67. The molecule has 4 rings (SSSR count). The van der Waals surface area contributed by atoms with E-state index in [4.69, 9.17) is 9.84 Å². The molecule has 2 fully saturated rings. The molecule has 2 aromatic rings. The second kappa shape index (κ2) is 19.4.